The van der Waals surface area contributed by atoms with Crippen molar-refractivity contribution < 1.29 is 23.9 Å². The second kappa shape index (κ2) is 15.2. The standard InChI is InChI=1S/C35H56N4O5/c1-8-43-23-25(18-24(2)3)10-14-31(40)26-19-27(22-36-21-26)33(41)39(28-11-12-28)29-13-15-32-30(20-29)38(17-9-16-37(6)7)34(42)35(4,5)44-32/h13,15,20,24-28,36H,8-12,14,16-19,21-23H2,1-7H3/t25-,26+,27-/m1/s1. The number of nitrogens with zero attached hydrogens (tertiary/aromatic N) is 3. The van der Waals surface area contributed by atoms with Gasteiger partial charge < -0.3 is 29.5 Å². The number of carbonyl (C=O) groups excluding carboxylic acids is 3. The Hall–Kier alpha value is -2.49. The summed E-state index contributed by atoms with van der Waals surface area (Å²) >= 11 is 0. The van der Waals surface area contributed by atoms with Crippen LogP contribution in [0.3, 0.4) is 0 Å². The zero-order chi connectivity index (χ0) is 32.0. The third-order valence-corrected chi connectivity index (χ3v) is 9.09. The molecule has 9 nitrogen and oxygen atoms in total. The van der Waals surface area contributed by atoms with Crippen LogP contribution in [0.5, 0.6) is 5.75 Å². The number of Topliss-reactive ketones (excluding diaryl/α,β-unsaturated/α-hetero) is 1. The molecule has 9 heteroatoms. The van der Waals surface area contributed by atoms with E-state index in [-0.39, 0.29) is 35.5 Å². The maximum atomic E-state index is 14.2. The van der Waals surface area contributed by atoms with Crippen LogP contribution >= 0.6 is 0 Å². The topological polar surface area (TPSA) is 91.4 Å². The Bertz CT molecular complexity index is 1150. The second-order valence-corrected chi connectivity index (χ2v) is 14.3. The van der Waals surface area contributed by atoms with Crippen molar-refractivity contribution in [3.05, 3.63) is 18.2 Å². The third-order valence-electron chi connectivity index (χ3n) is 9.09. The number of ketones is 1. The number of benzene rings is 1. The average Bonchev–Trinajstić information content (AvgIpc) is 3.81. The first-order valence-corrected chi connectivity index (χ1v) is 16.8. The van der Waals surface area contributed by atoms with E-state index in [1.807, 2.05) is 62.9 Å². The van der Waals surface area contributed by atoms with Crippen LogP contribution in [0.2, 0.25) is 0 Å². The first kappa shape index (κ1) is 34.4. The van der Waals surface area contributed by atoms with Crippen molar-refractivity contribution in [1.29, 1.82) is 0 Å². The molecular formula is C35H56N4O5. The van der Waals surface area contributed by atoms with Gasteiger partial charge in [0.15, 0.2) is 5.60 Å². The maximum absolute atomic E-state index is 14.2. The number of piperidine rings is 1. The average molecular weight is 613 g/mol. The molecule has 0 spiro atoms. The van der Waals surface area contributed by atoms with Gasteiger partial charge in [0.25, 0.3) is 5.91 Å². The monoisotopic (exact) mass is 612 g/mol. The number of ether oxygens (including phenoxy) is 2. The molecule has 2 aliphatic heterocycles. The minimum Gasteiger partial charge on any atom is -0.476 e. The second-order valence-electron chi connectivity index (χ2n) is 14.3. The van der Waals surface area contributed by atoms with Gasteiger partial charge in [0.2, 0.25) is 5.91 Å². The Morgan fingerprint density at radius 2 is 1.89 bits per heavy atom. The number of hydrogen-bond acceptors (Lipinski definition) is 7. The van der Waals surface area contributed by atoms with Gasteiger partial charge in [-0.3, -0.25) is 14.4 Å². The Labute approximate surface area is 265 Å². The van der Waals surface area contributed by atoms with E-state index in [9.17, 15) is 14.4 Å². The SMILES string of the molecule is CCOC[C@H](CCC(=O)[C@@H]1CNC[C@H](C(=O)N(c2ccc3c(c2)N(CCCN(C)C)C(=O)C(C)(C)O3)C2CC2)C1)CC(C)C. The van der Waals surface area contributed by atoms with Gasteiger partial charge in [-0.1, -0.05) is 13.8 Å². The van der Waals surface area contributed by atoms with E-state index >= 15 is 0 Å². The molecule has 1 aromatic carbocycles. The van der Waals surface area contributed by atoms with Crippen molar-refractivity contribution in [1.82, 2.24) is 10.2 Å². The third kappa shape index (κ3) is 8.82. The summed E-state index contributed by atoms with van der Waals surface area (Å²) in [7, 11) is 4.06. The van der Waals surface area contributed by atoms with Gasteiger partial charge >= 0.3 is 0 Å². The largest absolute Gasteiger partial charge is 0.476 e. The zero-order valence-electron chi connectivity index (χ0n) is 28.2. The number of rotatable bonds is 16. The molecule has 1 N–H and O–H groups in total. The van der Waals surface area contributed by atoms with Gasteiger partial charge in [-0.2, -0.15) is 0 Å². The van der Waals surface area contributed by atoms with Crippen molar-refractivity contribution in [3.8, 4) is 5.75 Å². The first-order valence-electron chi connectivity index (χ1n) is 16.8. The summed E-state index contributed by atoms with van der Waals surface area (Å²) in [5.74, 6) is 1.43. The van der Waals surface area contributed by atoms with Gasteiger partial charge in [0.1, 0.15) is 11.5 Å². The molecule has 246 valence electrons. The fourth-order valence-corrected chi connectivity index (χ4v) is 6.67. The minimum absolute atomic E-state index is 0.0639. The van der Waals surface area contributed by atoms with E-state index in [4.69, 9.17) is 9.47 Å². The molecule has 44 heavy (non-hydrogen) atoms. The fourth-order valence-electron chi connectivity index (χ4n) is 6.67. The summed E-state index contributed by atoms with van der Waals surface area (Å²) in [5, 5.41) is 3.40. The molecule has 1 saturated heterocycles. The quantitative estimate of drug-likeness (QED) is 0.284. The molecular weight excluding hydrogens is 556 g/mol. The lowest BCUT2D eigenvalue weighted by Crippen LogP contribution is -2.53. The summed E-state index contributed by atoms with van der Waals surface area (Å²) < 4.78 is 11.8. The van der Waals surface area contributed by atoms with Crippen molar-refractivity contribution in [3.63, 3.8) is 0 Å². The molecule has 2 amide bonds. The summed E-state index contributed by atoms with van der Waals surface area (Å²) in [6.07, 6.45) is 5.73. The van der Waals surface area contributed by atoms with E-state index in [1.54, 1.807) is 0 Å². The van der Waals surface area contributed by atoms with Crippen LogP contribution in [0, 0.1) is 23.7 Å². The molecule has 0 unspecified atom stereocenters. The van der Waals surface area contributed by atoms with Gasteiger partial charge in [0.05, 0.1) is 11.6 Å². The van der Waals surface area contributed by atoms with Crippen molar-refractivity contribution >= 4 is 29.0 Å². The molecule has 2 heterocycles. The lowest BCUT2D eigenvalue weighted by atomic mass is 9.83. The van der Waals surface area contributed by atoms with Crippen LogP contribution in [0.15, 0.2) is 18.2 Å². The highest BCUT2D eigenvalue weighted by molar-refractivity contribution is 6.04. The number of nitrogens with one attached hydrogen (secondary N) is 1. The van der Waals surface area contributed by atoms with E-state index in [2.05, 4.69) is 24.1 Å². The summed E-state index contributed by atoms with van der Waals surface area (Å²) in [5.41, 5.74) is 0.568. The predicted octanol–water partition coefficient (Wildman–Crippen LogP) is 4.91. The number of anilines is 2. The van der Waals surface area contributed by atoms with Gasteiger partial charge in [-0.15, -0.1) is 0 Å². The van der Waals surface area contributed by atoms with Gasteiger partial charge in [-0.25, -0.2) is 0 Å². The van der Waals surface area contributed by atoms with Crippen molar-refractivity contribution in [2.24, 2.45) is 23.7 Å². The number of hydrogen-bond donors (Lipinski definition) is 1. The van der Waals surface area contributed by atoms with Crippen LogP contribution in [-0.2, 0) is 19.1 Å². The molecule has 1 saturated carbocycles. The minimum atomic E-state index is -0.953. The summed E-state index contributed by atoms with van der Waals surface area (Å²) in [6, 6.07) is 5.96. The Kier molecular flexibility index (Phi) is 11.9. The highest BCUT2D eigenvalue weighted by atomic mass is 16.5. The number of fused-ring (bicyclic) bond motifs is 1. The smallest absolute Gasteiger partial charge is 0.270 e. The first-order chi connectivity index (χ1) is 20.9. The van der Waals surface area contributed by atoms with Gasteiger partial charge in [0, 0.05) is 56.9 Å². The molecule has 0 aromatic heterocycles. The molecule has 3 aliphatic rings. The van der Waals surface area contributed by atoms with E-state index in [0.29, 0.717) is 63.3 Å². The van der Waals surface area contributed by atoms with Crippen LogP contribution < -0.4 is 19.9 Å². The highest BCUT2D eigenvalue weighted by Crippen LogP contribution is 2.43. The summed E-state index contributed by atoms with van der Waals surface area (Å²) in [6.45, 7) is 14.1. The normalized spacial score (nSPS) is 22.1. The number of amides is 2. The zero-order valence-corrected chi connectivity index (χ0v) is 28.2. The van der Waals surface area contributed by atoms with E-state index in [0.717, 1.165) is 50.0 Å². The lowest BCUT2D eigenvalue weighted by molar-refractivity contribution is -0.132. The molecule has 3 atom stereocenters. The molecule has 0 bridgehead atoms. The van der Waals surface area contributed by atoms with Crippen LogP contribution in [0.4, 0.5) is 11.4 Å². The van der Waals surface area contributed by atoms with Crippen LogP contribution in [-0.4, -0.2) is 87.6 Å². The summed E-state index contributed by atoms with van der Waals surface area (Å²) in [4.78, 5) is 46.9. The van der Waals surface area contributed by atoms with Crippen LogP contribution in [0.1, 0.15) is 79.6 Å². The van der Waals surface area contributed by atoms with Crippen molar-refractivity contribution in [2.45, 2.75) is 91.2 Å². The Morgan fingerprint density at radius 1 is 1.16 bits per heavy atom. The predicted molar refractivity (Wildman–Crippen MR) is 175 cm³/mol. The molecule has 1 aliphatic carbocycles. The molecule has 0 radical (unpaired) electrons. The van der Waals surface area contributed by atoms with Crippen LogP contribution in [0.25, 0.3) is 0 Å². The maximum Gasteiger partial charge on any atom is 0.270 e. The Morgan fingerprint density at radius 3 is 2.55 bits per heavy atom. The van der Waals surface area contributed by atoms with E-state index < -0.39 is 5.60 Å². The highest BCUT2D eigenvalue weighted by Gasteiger charge is 2.43. The molecule has 2 fully saturated rings. The fraction of sp³-hybridized carbons (Fsp3) is 0.743. The molecule has 4 rings (SSSR count). The van der Waals surface area contributed by atoms with E-state index in [1.165, 1.54) is 0 Å². The number of carbonyl (C=O) groups is 3. The Balaban J connectivity index is 1.47. The molecule has 1 aromatic rings. The van der Waals surface area contributed by atoms with Crippen molar-refractivity contribution in [2.75, 3.05) is 63.3 Å². The lowest BCUT2D eigenvalue weighted by Gasteiger charge is -2.40. The van der Waals surface area contributed by atoms with Gasteiger partial charge in [-0.05, 0) is 110 Å².